The lowest BCUT2D eigenvalue weighted by atomic mass is 10.2. The van der Waals surface area contributed by atoms with Gasteiger partial charge in [0.25, 0.3) is 5.82 Å². The molecule has 2 N–H and O–H groups in total. The maximum atomic E-state index is 6.09. The standard InChI is InChI=1S/C15H15ClN4O.2ClH/c1-19-4-6-20(7-5-19)15-14-13(17-9-18-15)11-8-10(16)2-3-12(11)21-14;;/h2-3,8-9H,4-7H2,1H3;2*1H. The van der Waals surface area contributed by atoms with Crippen molar-refractivity contribution in [3.8, 4) is 0 Å². The molecular weight excluding hydrogens is 359 g/mol. The van der Waals surface area contributed by atoms with Gasteiger partial charge in [-0.2, -0.15) is 4.98 Å². The molecule has 2 aromatic heterocycles. The molecule has 5 nitrogen and oxygen atoms in total. The predicted molar refractivity (Wildman–Crippen MR) is 81.3 cm³/mol. The summed E-state index contributed by atoms with van der Waals surface area (Å²) in [6, 6.07) is 5.64. The third-order valence-electron chi connectivity index (χ3n) is 4.25. The van der Waals surface area contributed by atoms with Crippen LogP contribution >= 0.6 is 11.6 Å². The van der Waals surface area contributed by atoms with E-state index in [0.717, 1.165) is 54.1 Å². The number of nitrogens with zero attached hydrogens (tertiary/aromatic N) is 2. The number of likely N-dealkylation sites (N-methyl/N-ethyl adjacent to an activating group) is 1. The first-order valence-electron chi connectivity index (χ1n) is 7.21. The van der Waals surface area contributed by atoms with Gasteiger partial charge in [0.15, 0.2) is 0 Å². The Morgan fingerprint density at radius 3 is 2.57 bits per heavy atom. The molecule has 0 saturated carbocycles. The highest BCUT2D eigenvalue weighted by Gasteiger charge is 2.27. The number of quaternary nitrogens is 2. The molecule has 124 valence electrons. The molecule has 1 aromatic carbocycles. The van der Waals surface area contributed by atoms with Gasteiger partial charge in [0.05, 0.1) is 7.05 Å². The van der Waals surface area contributed by atoms with Crippen molar-refractivity contribution in [1.82, 2.24) is 9.97 Å². The molecule has 0 radical (unpaired) electrons. The fourth-order valence-corrected chi connectivity index (χ4v) is 3.19. The Hall–Kier alpha value is -1.11. The van der Waals surface area contributed by atoms with E-state index in [1.165, 1.54) is 4.90 Å². The monoisotopic (exact) mass is 374 g/mol. The van der Waals surface area contributed by atoms with Crippen LogP contribution in [-0.4, -0.2) is 43.2 Å². The number of rotatable bonds is 1. The molecular formula is C15H17Cl3N4O. The fraction of sp³-hybridized carbons (Fsp3) is 0.333. The van der Waals surface area contributed by atoms with Crippen LogP contribution in [0.2, 0.25) is 5.02 Å². The van der Waals surface area contributed by atoms with Crippen molar-refractivity contribution < 1.29 is 39.0 Å². The molecule has 23 heavy (non-hydrogen) atoms. The van der Waals surface area contributed by atoms with Crippen molar-refractivity contribution in [2.24, 2.45) is 0 Å². The van der Waals surface area contributed by atoms with Crippen molar-refractivity contribution >= 4 is 39.5 Å². The van der Waals surface area contributed by atoms with Crippen LogP contribution in [-0.2, 0) is 0 Å². The highest BCUT2D eigenvalue weighted by Crippen LogP contribution is 2.31. The van der Waals surface area contributed by atoms with Gasteiger partial charge in [-0.25, -0.2) is 4.98 Å². The molecule has 1 aliphatic heterocycles. The van der Waals surface area contributed by atoms with E-state index < -0.39 is 0 Å². The number of furan rings is 1. The third-order valence-corrected chi connectivity index (χ3v) is 4.49. The fourth-order valence-electron chi connectivity index (χ4n) is 3.02. The van der Waals surface area contributed by atoms with Crippen LogP contribution in [0.15, 0.2) is 28.9 Å². The number of fused-ring (bicyclic) bond motifs is 3. The number of aromatic nitrogens is 2. The van der Waals surface area contributed by atoms with Crippen molar-refractivity contribution in [2.45, 2.75) is 0 Å². The summed E-state index contributed by atoms with van der Waals surface area (Å²) < 4.78 is 6.01. The minimum absolute atomic E-state index is 0. The minimum Gasteiger partial charge on any atom is -1.00 e. The normalized spacial score (nSPS) is 21.0. The van der Waals surface area contributed by atoms with E-state index in [1.807, 2.05) is 18.2 Å². The molecule has 0 unspecified atom stereocenters. The molecule has 0 bridgehead atoms. The van der Waals surface area contributed by atoms with E-state index in [0.29, 0.717) is 5.02 Å². The lowest BCUT2D eigenvalue weighted by molar-refractivity contribution is -0.975. The first kappa shape index (κ1) is 18.2. The average Bonchev–Trinajstić information content (AvgIpc) is 2.86. The van der Waals surface area contributed by atoms with Gasteiger partial charge >= 0.3 is 0 Å². The molecule has 0 spiro atoms. The van der Waals surface area contributed by atoms with Crippen LogP contribution in [0, 0.1) is 0 Å². The SMILES string of the molecule is C[NH+]1CC[NH+](c2ncnc3c2oc2ccc(Cl)cc23)CC1.[Cl-].[Cl-]. The van der Waals surface area contributed by atoms with Crippen LogP contribution in [0.3, 0.4) is 0 Å². The Morgan fingerprint density at radius 2 is 1.83 bits per heavy atom. The van der Waals surface area contributed by atoms with E-state index in [4.69, 9.17) is 16.0 Å². The summed E-state index contributed by atoms with van der Waals surface area (Å²) in [5.74, 6) is 0.972. The van der Waals surface area contributed by atoms with Crippen LogP contribution in [0.1, 0.15) is 0 Å². The van der Waals surface area contributed by atoms with Gasteiger partial charge in [0.2, 0.25) is 5.58 Å². The molecule has 1 saturated heterocycles. The third kappa shape index (κ3) is 3.25. The molecule has 0 aliphatic carbocycles. The second kappa shape index (κ2) is 7.20. The summed E-state index contributed by atoms with van der Waals surface area (Å²) in [5, 5.41) is 1.65. The van der Waals surface area contributed by atoms with Crippen LogP contribution in [0.5, 0.6) is 0 Å². The number of halogens is 3. The first-order valence-corrected chi connectivity index (χ1v) is 7.59. The quantitative estimate of drug-likeness (QED) is 0.445. The Morgan fingerprint density at radius 1 is 1.09 bits per heavy atom. The Balaban J connectivity index is 0.000000960. The minimum atomic E-state index is 0. The molecule has 3 heterocycles. The molecule has 0 atom stereocenters. The Bertz CT molecular complexity index is 815. The molecule has 4 rings (SSSR count). The number of hydrogen-bond donors (Lipinski definition) is 2. The summed E-state index contributed by atoms with van der Waals surface area (Å²) in [6.45, 7) is 4.42. The maximum absolute atomic E-state index is 6.09. The van der Waals surface area contributed by atoms with Gasteiger partial charge in [-0.05, 0) is 18.2 Å². The zero-order chi connectivity index (χ0) is 14.4. The van der Waals surface area contributed by atoms with Gasteiger partial charge in [0, 0.05) is 10.4 Å². The molecule has 1 fully saturated rings. The molecule has 3 aromatic rings. The summed E-state index contributed by atoms with van der Waals surface area (Å²) in [4.78, 5) is 11.8. The van der Waals surface area contributed by atoms with E-state index in [1.54, 1.807) is 11.2 Å². The van der Waals surface area contributed by atoms with Gasteiger partial charge in [-0.1, -0.05) is 11.6 Å². The van der Waals surface area contributed by atoms with Gasteiger partial charge in [-0.3, -0.25) is 4.90 Å². The highest BCUT2D eigenvalue weighted by molar-refractivity contribution is 6.31. The van der Waals surface area contributed by atoms with Crippen molar-refractivity contribution in [2.75, 3.05) is 33.2 Å². The highest BCUT2D eigenvalue weighted by atomic mass is 35.5. The van der Waals surface area contributed by atoms with E-state index >= 15 is 0 Å². The summed E-state index contributed by atoms with van der Waals surface area (Å²) in [7, 11) is 2.23. The van der Waals surface area contributed by atoms with E-state index in [2.05, 4.69) is 17.0 Å². The number of benzene rings is 1. The van der Waals surface area contributed by atoms with Crippen LogP contribution in [0.25, 0.3) is 22.1 Å². The average molecular weight is 376 g/mol. The summed E-state index contributed by atoms with van der Waals surface area (Å²) in [5.41, 5.74) is 2.47. The predicted octanol–water partition coefficient (Wildman–Crippen LogP) is -5.92. The van der Waals surface area contributed by atoms with Gasteiger partial charge < -0.3 is 34.1 Å². The van der Waals surface area contributed by atoms with E-state index in [9.17, 15) is 0 Å². The zero-order valence-electron chi connectivity index (χ0n) is 12.6. The van der Waals surface area contributed by atoms with Crippen molar-refractivity contribution in [1.29, 1.82) is 0 Å². The smallest absolute Gasteiger partial charge is 0.273 e. The maximum Gasteiger partial charge on any atom is 0.273 e. The number of piperazine rings is 1. The summed E-state index contributed by atoms with van der Waals surface area (Å²) >= 11 is 6.09. The largest absolute Gasteiger partial charge is 1.00 e. The second-order valence-corrected chi connectivity index (χ2v) is 6.14. The lowest BCUT2D eigenvalue weighted by Gasteiger charge is -2.25. The number of nitrogens with one attached hydrogen (secondary N) is 2. The zero-order valence-corrected chi connectivity index (χ0v) is 14.8. The van der Waals surface area contributed by atoms with Gasteiger partial charge in [-0.15, -0.1) is 0 Å². The molecule has 0 amide bonds. The Labute approximate surface area is 151 Å². The molecule has 1 aliphatic rings. The van der Waals surface area contributed by atoms with Gasteiger partial charge in [0.1, 0.15) is 43.6 Å². The topological polar surface area (TPSA) is 47.8 Å². The van der Waals surface area contributed by atoms with Crippen molar-refractivity contribution in [3.05, 3.63) is 29.5 Å². The Kier molecular flexibility index (Phi) is 5.70. The summed E-state index contributed by atoms with van der Waals surface area (Å²) in [6.07, 6.45) is 1.63. The first-order chi connectivity index (χ1) is 10.2. The molecule has 8 heteroatoms. The number of hydrogen-bond acceptors (Lipinski definition) is 3. The van der Waals surface area contributed by atoms with Crippen LogP contribution < -0.4 is 34.6 Å². The second-order valence-electron chi connectivity index (χ2n) is 5.70. The van der Waals surface area contributed by atoms with Crippen molar-refractivity contribution in [3.63, 3.8) is 0 Å². The lowest BCUT2D eigenvalue weighted by Crippen LogP contribution is -3.25. The van der Waals surface area contributed by atoms with Crippen LogP contribution in [0.4, 0.5) is 5.82 Å². The van der Waals surface area contributed by atoms with E-state index in [-0.39, 0.29) is 24.8 Å².